The van der Waals surface area contributed by atoms with Crippen molar-refractivity contribution in [2.45, 2.75) is 22.9 Å². The molecule has 5 nitrogen and oxygen atoms in total. The topological polar surface area (TPSA) is 64.1 Å². The number of ether oxygens (including phenoxy) is 1. The van der Waals surface area contributed by atoms with Crippen LogP contribution in [0.15, 0.2) is 21.9 Å². The molecule has 20 heavy (non-hydrogen) atoms. The lowest BCUT2D eigenvalue weighted by Gasteiger charge is -1.99. The minimum Gasteiger partial charge on any atom is -0.385 e. The van der Waals surface area contributed by atoms with Gasteiger partial charge in [-0.15, -0.1) is 21.5 Å². The first-order valence-corrected chi connectivity index (χ1v) is 8.73. The highest BCUT2D eigenvalue weighted by Gasteiger charge is 2.08. The summed E-state index contributed by atoms with van der Waals surface area (Å²) in [6.07, 6.45) is 1.15. The average Bonchev–Trinajstić information content (AvgIpc) is 3.08. The number of methoxy groups -OCH3 is 1. The Labute approximate surface area is 129 Å². The molecule has 2 heterocycles. The standard InChI is InChI=1S/C12H15N3O2S3/c1-17-6-2-5-10(16)13-11-14-15-12(20-11)19-8-9-4-3-7-18-9/h3-4,7H,2,5-6,8H2,1H3,(H,13,14,16). The molecule has 0 aliphatic carbocycles. The third-order valence-electron chi connectivity index (χ3n) is 2.32. The number of aromatic nitrogens is 2. The summed E-state index contributed by atoms with van der Waals surface area (Å²) in [6.45, 7) is 0.589. The molecule has 0 aromatic carbocycles. The number of thiophene rings is 1. The molecule has 0 saturated heterocycles. The molecule has 0 radical (unpaired) electrons. The number of nitrogens with zero attached hydrogens (tertiary/aromatic N) is 2. The second-order valence-electron chi connectivity index (χ2n) is 3.89. The average molecular weight is 329 g/mol. The molecule has 0 spiro atoms. The molecule has 1 N–H and O–H groups in total. The predicted octanol–water partition coefficient (Wildman–Crippen LogP) is 3.26. The zero-order chi connectivity index (χ0) is 14.2. The van der Waals surface area contributed by atoms with E-state index in [4.69, 9.17) is 4.74 Å². The lowest BCUT2D eigenvalue weighted by Crippen LogP contribution is -2.11. The van der Waals surface area contributed by atoms with E-state index in [0.29, 0.717) is 24.6 Å². The van der Waals surface area contributed by atoms with Crippen molar-refractivity contribution in [3.8, 4) is 0 Å². The van der Waals surface area contributed by atoms with E-state index < -0.39 is 0 Å². The van der Waals surface area contributed by atoms with E-state index >= 15 is 0 Å². The highest BCUT2D eigenvalue weighted by molar-refractivity contribution is 8.00. The lowest BCUT2D eigenvalue weighted by atomic mass is 10.3. The Morgan fingerprint density at radius 2 is 2.40 bits per heavy atom. The maximum absolute atomic E-state index is 11.6. The monoisotopic (exact) mass is 329 g/mol. The Kier molecular flexibility index (Phi) is 6.44. The number of hydrogen-bond donors (Lipinski definition) is 1. The van der Waals surface area contributed by atoms with Crippen molar-refractivity contribution in [2.24, 2.45) is 0 Å². The third kappa shape index (κ3) is 5.20. The van der Waals surface area contributed by atoms with Gasteiger partial charge in [-0.05, 0) is 17.9 Å². The van der Waals surface area contributed by atoms with E-state index in [1.165, 1.54) is 16.2 Å². The molecule has 0 aliphatic heterocycles. The minimum atomic E-state index is -0.0481. The molecule has 2 rings (SSSR count). The summed E-state index contributed by atoms with van der Waals surface area (Å²) < 4.78 is 5.77. The van der Waals surface area contributed by atoms with Crippen molar-refractivity contribution in [3.05, 3.63) is 22.4 Å². The van der Waals surface area contributed by atoms with E-state index in [1.807, 2.05) is 6.07 Å². The molecule has 2 aromatic heterocycles. The molecule has 0 fully saturated rings. The largest absolute Gasteiger partial charge is 0.385 e. The van der Waals surface area contributed by atoms with Crippen LogP contribution < -0.4 is 5.32 Å². The van der Waals surface area contributed by atoms with Gasteiger partial charge in [-0.25, -0.2) is 0 Å². The fraction of sp³-hybridized carbons (Fsp3) is 0.417. The van der Waals surface area contributed by atoms with Crippen LogP contribution in [0.25, 0.3) is 0 Å². The normalized spacial score (nSPS) is 10.7. The van der Waals surface area contributed by atoms with Crippen molar-refractivity contribution in [2.75, 3.05) is 19.0 Å². The second kappa shape index (κ2) is 8.35. The summed E-state index contributed by atoms with van der Waals surface area (Å²) in [5.41, 5.74) is 0. The first kappa shape index (κ1) is 15.4. The van der Waals surface area contributed by atoms with Crippen LogP contribution in [0.3, 0.4) is 0 Å². The summed E-state index contributed by atoms with van der Waals surface area (Å²) in [6, 6.07) is 4.13. The van der Waals surface area contributed by atoms with Gasteiger partial charge in [0.2, 0.25) is 11.0 Å². The molecule has 0 saturated carbocycles. The van der Waals surface area contributed by atoms with Gasteiger partial charge in [0.25, 0.3) is 0 Å². The Balaban J connectivity index is 1.75. The fourth-order valence-corrected chi connectivity index (χ4v) is 3.95. The Hall–Kier alpha value is -0.960. The molecular formula is C12H15N3O2S3. The fourth-order valence-electron chi connectivity index (χ4n) is 1.41. The highest BCUT2D eigenvalue weighted by atomic mass is 32.2. The SMILES string of the molecule is COCCCC(=O)Nc1nnc(SCc2cccs2)s1. The van der Waals surface area contributed by atoms with Crippen LogP contribution in [0, 0.1) is 0 Å². The van der Waals surface area contributed by atoms with Gasteiger partial charge in [0, 0.05) is 30.8 Å². The van der Waals surface area contributed by atoms with Crippen molar-refractivity contribution in [1.82, 2.24) is 10.2 Å². The van der Waals surface area contributed by atoms with Gasteiger partial charge in [-0.2, -0.15) is 0 Å². The van der Waals surface area contributed by atoms with Crippen molar-refractivity contribution >= 4 is 45.5 Å². The number of amides is 1. The van der Waals surface area contributed by atoms with Crippen molar-refractivity contribution in [3.63, 3.8) is 0 Å². The predicted molar refractivity (Wildman–Crippen MR) is 83.5 cm³/mol. The van der Waals surface area contributed by atoms with Crippen LogP contribution in [-0.2, 0) is 15.3 Å². The number of thioether (sulfide) groups is 1. The van der Waals surface area contributed by atoms with Gasteiger partial charge >= 0.3 is 0 Å². The lowest BCUT2D eigenvalue weighted by molar-refractivity contribution is -0.116. The van der Waals surface area contributed by atoms with Crippen LogP contribution in [0.1, 0.15) is 17.7 Å². The molecular weight excluding hydrogens is 314 g/mol. The molecule has 2 aromatic rings. The van der Waals surface area contributed by atoms with Gasteiger partial charge < -0.3 is 10.1 Å². The third-order valence-corrected chi connectivity index (χ3v) is 5.40. The van der Waals surface area contributed by atoms with E-state index in [1.54, 1.807) is 30.2 Å². The smallest absolute Gasteiger partial charge is 0.226 e. The Morgan fingerprint density at radius 1 is 1.50 bits per heavy atom. The maximum Gasteiger partial charge on any atom is 0.226 e. The van der Waals surface area contributed by atoms with Crippen LogP contribution in [-0.4, -0.2) is 29.8 Å². The van der Waals surface area contributed by atoms with E-state index in [0.717, 1.165) is 10.1 Å². The molecule has 0 aliphatic rings. The van der Waals surface area contributed by atoms with Crippen LogP contribution in [0.5, 0.6) is 0 Å². The summed E-state index contributed by atoms with van der Waals surface area (Å²) in [7, 11) is 1.62. The first-order chi connectivity index (χ1) is 9.78. The number of nitrogens with one attached hydrogen (secondary N) is 1. The molecule has 0 atom stereocenters. The zero-order valence-electron chi connectivity index (χ0n) is 11.0. The maximum atomic E-state index is 11.6. The highest BCUT2D eigenvalue weighted by Crippen LogP contribution is 2.29. The van der Waals surface area contributed by atoms with Gasteiger partial charge in [0.15, 0.2) is 4.34 Å². The van der Waals surface area contributed by atoms with Crippen molar-refractivity contribution < 1.29 is 9.53 Å². The summed E-state index contributed by atoms with van der Waals surface area (Å²) in [4.78, 5) is 12.9. The molecule has 1 amide bonds. The zero-order valence-corrected chi connectivity index (χ0v) is 13.4. The van der Waals surface area contributed by atoms with Crippen molar-refractivity contribution in [1.29, 1.82) is 0 Å². The Bertz CT molecular complexity index is 528. The first-order valence-electron chi connectivity index (χ1n) is 6.05. The summed E-state index contributed by atoms with van der Waals surface area (Å²) in [5.74, 6) is 0.835. The minimum absolute atomic E-state index is 0.0481. The van der Waals surface area contributed by atoms with Gasteiger partial charge in [-0.3, -0.25) is 4.79 Å². The van der Waals surface area contributed by atoms with Gasteiger partial charge in [0.1, 0.15) is 0 Å². The van der Waals surface area contributed by atoms with E-state index in [9.17, 15) is 4.79 Å². The van der Waals surface area contributed by atoms with Crippen LogP contribution >= 0.6 is 34.4 Å². The second-order valence-corrected chi connectivity index (χ2v) is 7.12. The molecule has 0 bridgehead atoms. The molecule has 108 valence electrons. The Morgan fingerprint density at radius 3 is 3.15 bits per heavy atom. The molecule has 8 heteroatoms. The number of anilines is 1. The van der Waals surface area contributed by atoms with E-state index in [2.05, 4.69) is 27.0 Å². The number of hydrogen-bond acceptors (Lipinski definition) is 7. The number of carbonyl (C=O) groups excluding carboxylic acids is 1. The van der Waals surface area contributed by atoms with Gasteiger partial charge in [-0.1, -0.05) is 29.2 Å². The quantitative estimate of drug-likeness (QED) is 0.457. The van der Waals surface area contributed by atoms with E-state index in [-0.39, 0.29) is 5.91 Å². The van der Waals surface area contributed by atoms with Crippen LogP contribution in [0.2, 0.25) is 0 Å². The summed E-state index contributed by atoms with van der Waals surface area (Å²) in [5, 5.41) is 13.4. The summed E-state index contributed by atoms with van der Waals surface area (Å²) >= 11 is 4.76. The van der Waals surface area contributed by atoms with Gasteiger partial charge in [0.05, 0.1) is 0 Å². The number of carbonyl (C=O) groups is 1. The van der Waals surface area contributed by atoms with Crippen LogP contribution in [0.4, 0.5) is 5.13 Å². The molecule has 0 unspecified atom stereocenters. The number of rotatable bonds is 8.